The van der Waals surface area contributed by atoms with Crippen molar-refractivity contribution in [2.24, 2.45) is 0 Å². The highest BCUT2D eigenvalue weighted by Crippen LogP contribution is 2.08. The summed E-state index contributed by atoms with van der Waals surface area (Å²) in [5.74, 6) is -0.342. The van der Waals surface area contributed by atoms with Gasteiger partial charge in [0.2, 0.25) is 5.91 Å². The Hall–Kier alpha value is -1.46. The summed E-state index contributed by atoms with van der Waals surface area (Å²) in [6.07, 6.45) is 0. The van der Waals surface area contributed by atoms with Crippen LogP contribution >= 0.6 is 0 Å². The molecule has 0 heterocycles. The first-order chi connectivity index (χ1) is 9.02. The molecule has 0 aliphatic rings. The number of hydrogen-bond acceptors (Lipinski definition) is 3. The van der Waals surface area contributed by atoms with Crippen molar-refractivity contribution in [3.8, 4) is 0 Å². The van der Waals surface area contributed by atoms with Gasteiger partial charge in [-0.15, -0.1) is 0 Å². The topological polar surface area (TPSA) is 41.6 Å². The standard InChI is InChI=1S/C14H21FN2O2/c1-11(10-19-3)16-14(18)9-17(2)8-12-6-4-5-7-13(12)15/h4-7,11H,8-10H2,1-3H3,(H,16,18)/t11-/m1/s1. The molecule has 5 heteroatoms. The number of halogens is 1. The van der Waals surface area contributed by atoms with Crippen LogP contribution in [0.1, 0.15) is 12.5 Å². The Morgan fingerprint density at radius 2 is 2.16 bits per heavy atom. The number of carbonyl (C=O) groups is 1. The molecular weight excluding hydrogens is 247 g/mol. The van der Waals surface area contributed by atoms with E-state index in [1.54, 1.807) is 37.3 Å². The second kappa shape index (κ2) is 7.86. The summed E-state index contributed by atoms with van der Waals surface area (Å²) in [5, 5.41) is 2.81. The monoisotopic (exact) mass is 268 g/mol. The van der Waals surface area contributed by atoms with Gasteiger partial charge in [0.25, 0.3) is 0 Å². The van der Waals surface area contributed by atoms with Crippen molar-refractivity contribution in [2.75, 3.05) is 27.3 Å². The molecule has 1 aromatic rings. The summed E-state index contributed by atoms with van der Waals surface area (Å²) in [5.41, 5.74) is 0.586. The number of hydrogen-bond donors (Lipinski definition) is 1. The van der Waals surface area contributed by atoms with Gasteiger partial charge >= 0.3 is 0 Å². The molecule has 1 aromatic carbocycles. The Bertz CT molecular complexity index is 412. The molecule has 0 aliphatic carbocycles. The Kier molecular flexibility index (Phi) is 6.45. The molecular formula is C14H21FN2O2. The summed E-state index contributed by atoms with van der Waals surface area (Å²) in [7, 11) is 3.37. The summed E-state index contributed by atoms with van der Waals surface area (Å²) < 4.78 is 18.4. The number of likely N-dealkylation sites (N-methyl/N-ethyl adjacent to an activating group) is 1. The van der Waals surface area contributed by atoms with Crippen LogP contribution in [0.4, 0.5) is 4.39 Å². The number of nitrogens with one attached hydrogen (secondary N) is 1. The maximum Gasteiger partial charge on any atom is 0.234 e. The second-order valence-corrected chi connectivity index (χ2v) is 4.69. The lowest BCUT2D eigenvalue weighted by Crippen LogP contribution is -2.41. The first-order valence-electron chi connectivity index (χ1n) is 6.23. The van der Waals surface area contributed by atoms with Crippen LogP contribution in [0, 0.1) is 5.82 Å². The summed E-state index contributed by atoms with van der Waals surface area (Å²) >= 11 is 0. The van der Waals surface area contributed by atoms with Crippen LogP contribution in [0.15, 0.2) is 24.3 Å². The zero-order chi connectivity index (χ0) is 14.3. The molecule has 1 N–H and O–H groups in total. The number of ether oxygens (including phenoxy) is 1. The average molecular weight is 268 g/mol. The first-order valence-corrected chi connectivity index (χ1v) is 6.23. The fourth-order valence-corrected chi connectivity index (χ4v) is 1.83. The molecule has 0 aliphatic heterocycles. The fraction of sp³-hybridized carbons (Fsp3) is 0.500. The molecule has 1 amide bonds. The molecule has 0 saturated carbocycles. The van der Waals surface area contributed by atoms with Crippen molar-refractivity contribution in [3.63, 3.8) is 0 Å². The smallest absolute Gasteiger partial charge is 0.234 e. The molecule has 1 atom stereocenters. The molecule has 0 spiro atoms. The van der Waals surface area contributed by atoms with E-state index in [0.29, 0.717) is 18.7 Å². The molecule has 4 nitrogen and oxygen atoms in total. The van der Waals surface area contributed by atoms with Crippen LogP contribution in [0.5, 0.6) is 0 Å². The molecule has 0 bridgehead atoms. The first kappa shape index (κ1) is 15.6. The summed E-state index contributed by atoms with van der Waals surface area (Å²) in [4.78, 5) is 13.5. The second-order valence-electron chi connectivity index (χ2n) is 4.69. The van der Waals surface area contributed by atoms with E-state index < -0.39 is 0 Å². The van der Waals surface area contributed by atoms with Crippen LogP contribution in [0.2, 0.25) is 0 Å². The molecule has 0 fully saturated rings. The minimum atomic E-state index is -0.248. The van der Waals surface area contributed by atoms with E-state index in [4.69, 9.17) is 4.74 Å². The van der Waals surface area contributed by atoms with Gasteiger partial charge < -0.3 is 10.1 Å². The number of amides is 1. The van der Waals surface area contributed by atoms with E-state index in [1.807, 2.05) is 6.92 Å². The predicted molar refractivity (Wildman–Crippen MR) is 72.2 cm³/mol. The number of nitrogens with zero attached hydrogens (tertiary/aromatic N) is 1. The maximum absolute atomic E-state index is 13.5. The fourth-order valence-electron chi connectivity index (χ4n) is 1.83. The Morgan fingerprint density at radius 1 is 1.47 bits per heavy atom. The lowest BCUT2D eigenvalue weighted by molar-refractivity contribution is -0.123. The SMILES string of the molecule is COC[C@@H](C)NC(=O)CN(C)Cc1ccccc1F. The van der Waals surface area contributed by atoms with Gasteiger partial charge in [-0.25, -0.2) is 4.39 Å². The number of rotatable bonds is 7. The zero-order valence-electron chi connectivity index (χ0n) is 11.6. The molecule has 1 rings (SSSR count). The van der Waals surface area contributed by atoms with E-state index in [0.717, 1.165) is 0 Å². The van der Waals surface area contributed by atoms with Crippen LogP contribution in [0.25, 0.3) is 0 Å². The minimum absolute atomic E-state index is 0.0284. The Balaban J connectivity index is 2.41. The molecule has 0 aromatic heterocycles. The van der Waals surface area contributed by atoms with Crippen molar-refractivity contribution in [1.82, 2.24) is 10.2 Å². The maximum atomic E-state index is 13.5. The third kappa shape index (κ3) is 5.81. The molecule has 0 unspecified atom stereocenters. The normalized spacial score (nSPS) is 12.5. The van der Waals surface area contributed by atoms with Crippen LogP contribution in [-0.2, 0) is 16.1 Å². The third-order valence-electron chi connectivity index (χ3n) is 2.64. The zero-order valence-corrected chi connectivity index (χ0v) is 11.6. The van der Waals surface area contributed by atoms with Gasteiger partial charge in [-0.2, -0.15) is 0 Å². The van der Waals surface area contributed by atoms with Gasteiger partial charge in [0.15, 0.2) is 0 Å². The Labute approximate surface area is 113 Å². The van der Waals surface area contributed by atoms with Crippen molar-refractivity contribution in [3.05, 3.63) is 35.6 Å². The largest absolute Gasteiger partial charge is 0.383 e. The molecule has 0 radical (unpaired) electrons. The minimum Gasteiger partial charge on any atom is -0.383 e. The number of benzene rings is 1. The molecule has 0 saturated heterocycles. The van der Waals surface area contributed by atoms with E-state index in [2.05, 4.69) is 5.32 Å². The van der Waals surface area contributed by atoms with Crippen LogP contribution in [0.3, 0.4) is 0 Å². The highest BCUT2D eigenvalue weighted by molar-refractivity contribution is 5.78. The average Bonchev–Trinajstić information content (AvgIpc) is 2.31. The molecule has 106 valence electrons. The van der Waals surface area contributed by atoms with E-state index in [-0.39, 0.29) is 24.3 Å². The highest BCUT2D eigenvalue weighted by Gasteiger charge is 2.11. The van der Waals surface area contributed by atoms with E-state index in [9.17, 15) is 9.18 Å². The lowest BCUT2D eigenvalue weighted by Gasteiger charge is -2.19. The van der Waals surface area contributed by atoms with Crippen molar-refractivity contribution < 1.29 is 13.9 Å². The van der Waals surface area contributed by atoms with Crippen molar-refractivity contribution >= 4 is 5.91 Å². The summed E-state index contributed by atoms with van der Waals surface area (Å²) in [6.45, 7) is 2.97. The van der Waals surface area contributed by atoms with Crippen molar-refractivity contribution in [2.45, 2.75) is 19.5 Å². The van der Waals surface area contributed by atoms with E-state index >= 15 is 0 Å². The lowest BCUT2D eigenvalue weighted by atomic mass is 10.2. The van der Waals surface area contributed by atoms with Gasteiger partial charge in [0.05, 0.1) is 13.2 Å². The third-order valence-corrected chi connectivity index (χ3v) is 2.64. The van der Waals surface area contributed by atoms with Gasteiger partial charge in [0, 0.05) is 25.3 Å². The quantitative estimate of drug-likeness (QED) is 0.813. The van der Waals surface area contributed by atoms with Gasteiger partial charge in [0.1, 0.15) is 5.82 Å². The summed E-state index contributed by atoms with van der Waals surface area (Å²) in [6, 6.07) is 6.55. The van der Waals surface area contributed by atoms with Gasteiger partial charge in [-0.3, -0.25) is 9.69 Å². The van der Waals surface area contributed by atoms with Gasteiger partial charge in [-0.1, -0.05) is 18.2 Å². The number of carbonyl (C=O) groups excluding carboxylic acids is 1. The Morgan fingerprint density at radius 3 is 2.79 bits per heavy atom. The van der Waals surface area contributed by atoms with Crippen molar-refractivity contribution in [1.29, 1.82) is 0 Å². The highest BCUT2D eigenvalue weighted by atomic mass is 19.1. The predicted octanol–water partition coefficient (Wildman–Crippen LogP) is 1.41. The number of methoxy groups -OCH3 is 1. The van der Waals surface area contributed by atoms with Gasteiger partial charge in [-0.05, 0) is 20.0 Å². The van der Waals surface area contributed by atoms with Crippen LogP contribution in [-0.4, -0.2) is 44.2 Å². The van der Waals surface area contributed by atoms with Crippen LogP contribution < -0.4 is 5.32 Å². The molecule has 19 heavy (non-hydrogen) atoms. The van der Waals surface area contributed by atoms with E-state index in [1.165, 1.54) is 6.07 Å².